The first-order valence-electron chi connectivity index (χ1n) is 13.6. The molecule has 2 aliphatic carbocycles. The summed E-state index contributed by atoms with van der Waals surface area (Å²) in [6.07, 6.45) is 8.76. The van der Waals surface area contributed by atoms with Crippen LogP contribution in [0.1, 0.15) is 78.2 Å². The fourth-order valence-corrected chi connectivity index (χ4v) is 6.02. The van der Waals surface area contributed by atoms with Crippen molar-refractivity contribution in [2.75, 3.05) is 0 Å². The second-order valence-electron chi connectivity index (χ2n) is 10.9. The van der Waals surface area contributed by atoms with Gasteiger partial charge in [0.1, 0.15) is 5.76 Å². The number of hydrogen-bond acceptors (Lipinski definition) is 3. The Morgan fingerprint density at radius 3 is 2.41 bits per heavy atom. The Hall–Kier alpha value is -2.29. The summed E-state index contributed by atoms with van der Waals surface area (Å²) in [6, 6.07) is 19.7. The van der Waals surface area contributed by atoms with Gasteiger partial charge in [0.25, 0.3) is 0 Å². The number of allylic oxidation sites excluding steroid dienone is 2. The maximum absolute atomic E-state index is 12.8. The Labute approximate surface area is 236 Å². The van der Waals surface area contributed by atoms with Crippen LogP contribution in [-0.4, -0.2) is 15.9 Å². The molecule has 0 saturated heterocycles. The molecule has 0 aliphatic heterocycles. The monoisotopic (exact) mass is 675 g/mol. The maximum Gasteiger partial charge on any atom is 0.168 e. The van der Waals surface area contributed by atoms with Crippen LogP contribution in [0.2, 0.25) is 0 Å². The van der Waals surface area contributed by atoms with Gasteiger partial charge >= 0.3 is 0 Å². The Bertz CT molecular complexity index is 1260. The van der Waals surface area contributed by atoms with E-state index in [1.165, 1.54) is 16.3 Å². The van der Waals surface area contributed by atoms with E-state index in [0.717, 1.165) is 61.8 Å². The number of nitrogens with zero attached hydrogens (tertiary/aromatic N) is 1. The number of rotatable bonds is 4. The molecule has 199 valence electrons. The van der Waals surface area contributed by atoms with Crippen LogP contribution in [0.15, 0.2) is 66.1 Å². The normalized spacial score (nSPS) is 22.5. The number of carbonyl (C=O) groups excluding carboxylic acids is 1. The fraction of sp³-hybridized carbons (Fsp3) is 0.455. The first-order chi connectivity index (χ1) is 17.3. The molecular formula is C33H40IrNO2-. The van der Waals surface area contributed by atoms with Gasteiger partial charge in [-0.2, -0.15) is 0 Å². The summed E-state index contributed by atoms with van der Waals surface area (Å²) in [5.41, 5.74) is 3.72. The van der Waals surface area contributed by atoms with Gasteiger partial charge in [-0.25, -0.2) is 0 Å². The van der Waals surface area contributed by atoms with Gasteiger partial charge in [-0.05, 0) is 80.3 Å². The Kier molecular flexibility index (Phi) is 9.53. The van der Waals surface area contributed by atoms with Crippen LogP contribution >= 0.6 is 0 Å². The average Bonchev–Trinajstić information content (AvgIpc) is 2.92. The minimum Gasteiger partial charge on any atom is -0.511 e. The number of ketones is 1. The molecule has 1 unspecified atom stereocenters. The van der Waals surface area contributed by atoms with Gasteiger partial charge < -0.3 is 10.1 Å². The molecule has 1 saturated carbocycles. The fourth-order valence-electron chi connectivity index (χ4n) is 6.02. The van der Waals surface area contributed by atoms with Crippen LogP contribution in [0.3, 0.4) is 0 Å². The summed E-state index contributed by atoms with van der Waals surface area (Å²) in [5, 5.41) is 13.2. The quantitative estimate of drug-likeness (QED) is 0.282. The smallest absolute Gasteiger partial charge is 0.168 e. The van der Waals surface area contributed by atoms with Crippen molar-refractivity contribution in [1.82, 2.24) is 4.98 Å². The molecule has 3 nitrogen and oxygen atoms in total. The van der Waals surface area contributed by atoms with Crippen molar-refractivity contribution in [2.45, 2.75) is 79.6 Å². The molecule has 0 bridgehead atoms. The Morgan fingerprint density at radius 1 is 1.03 bits per heavy atom. The molecule has 0 spiro atoms. The number of aliphatic hydroxyl groups excluding tert-OH is 1. The van der Waals surface area contributed by atoms with Crippen molar-refractivity contribution in [3.05, 3.63) is 77.7 Å². The zero-order chi connectivity index (χ0) is 25.9. The van der Waals surface area contributed by atoms with Gasteiger partial charge in [-0.3, -0.25) is 4.79 Å². The van der Waals surface area contributed by atoms with Crippen molar-refractivity contribution < 1.29 is 30.0 Å². The predicted molar refractivity (Wildman–Crippen MR) is 149 cm³/mol. The molecule has 4 heteroatoms. The molecule has 0 amide bonds. The number of hydrogen-bond donors (Lipinski definition) is 1. The third kappa shape index (κ3) is 5.61. The van der Waals surface area contributed by atoms with Gasteiger partial charge in [0.2, 0.25) is 0 Å². The van der Waals surface area contributed by atoms with Gasteiger partial charge in [0.15, 0.2) is 5.78 Å². The van der Waals surface area contributed by atoms with E-state index in [1.807, 2.05) is 36.5 Å². The van der Waals surface area contributed by atoms with Crippen molar-refractivity contribution in [3.8, 4) is 11.3 Å². The van der Waals surface area contributed by atoms with E-state index in [2.05, 4.69) is 63.9 Å². The second-order valence-corrected chi connectivity index (χ2v) is 10.9. The number of fused-ring (bicyclic) bond motifs is 2. The third-order valence-electron chi connectivity index (χ3n) is 8.99. The number of carbonyl (C=O) groups is 1. The topological polar surface area (TPSA) is 50.2 Å². The molecule has 1 heterocycles. The van der Waals surface area contributed by atoms with Crippen molar-refractivity contribution >= 4 is 16.6 Å². The first kappa shape index (κ1) is 29.3. The SMILES string of the molecule is CCC1(CC)CCC2CC[C@](C)(CC)C(=O)C2=C1O.Cc1ccc2ccnc(-c3[c-]cccc3)c2c1.[Ir]. The summed E-state index contributed by atoms with van der Waals surface area (Å²) in [4.78, 5) is 17.3. The predicted octanol–water partition coefficient (Wildman–Crippen LogP) is 8.80. The van der Waals surface area contributed by atoms with Gasteiger partial charge in [-0.1, -0.05) is 51.5 Å². The minimum atomic E-state index is -0.246. The molecule has 2 aliphatic rings. The van der Waals surface area contributed by atoms with Crippen LogP contribution in [0.5, 0.6) is 0 Å². The van der Waals surface area contributed by atoms with Crippen molar-refractivity contribution in [1.29, 1.82) is 0 Å². The molecule has 2 aromatic carbocycles. The molecule has 1 radical (unpaired) electrons. The van der Waals surface area contributed by atoms with E-state index in [-0.39, 0.29) is 36.7 Å². The summed E-state index contributed by atoms with van der Waals surface area (Å²) >= 11 is 0. The molecule has 1 aromatic heterocycles. The van der Waals surface area contributed by atoms with E-state index >= 15 is 0 Å². The van der Waals surface area contributed by atoms with Gasteiger partial charge in [0.05, 0.1) is 0 Å². The third-order valence-corrected chi connectivity index (χ3v) is 8.99. The number of aryl methyl sites for hydroxylation is 1. The zero-order valence-corrected chi connectivity index (χ0v) is 25.3. The van der Waals surface area contributed by atoms with Gasteiger partial charge in [-0.15, -0.1) is 35.9 Å². The average molecular weight is 675 g/mol. The largest absolute Gasteiger partial charge is 0.511 e. The number of aliphatic hydroxyl groups is 1. The first-order valence-corrected chi connectivity index (χ1v) is 13.6. The van der Waals surface area contributed by atoms with Crippen LogP contribution in [0.4, 0.5) is 0 Å². The zero-order valence-electron chi connectivity index (χ0n) is 22.9. The second kappa shape index (κ2) is 12.0. The van der Waals surface area contributed by atoms with E-state index in [4.69, 9.17) is 0 Å². The number of Topliss-reactive ketones (excluding diaryl/α,β-unsaturated/α-hetero) is 1. The van der Waals surface area contributed by atoms with Gasteiger partial charge in [0, 0.05) is 42.7 Å². The molecule has 3 aromatic rings. The summed E-state index contributed by atoms with van der Waals surface area (Å²) in [6.45, 7) is 10.5. The minimum absolute atomic E-state index is 0. The number of benzene rings is 2. The summed E-state index contributed by atoms with van der Waals surface area (Å²) in [7, 11) is 0. The van der Waals surface area contributed by atoms with Crippen LogP contribution < -0.4 is 0 Å². The molecule has 37 heavy (non-hydrogen) atoms. The molecular weight excluding hydrogens is 635 g/mol. The van der Waals surface area contributed by atoms with Crippen LogP contribution in [0.25, 0.3) is 22.0 Å². The number of aromatic nitrogens is 1. The Balaban J connectivity index is 0.000000201. The molecule has 2 atom stereocenters. The Morgan fingerprint density at radius 2 is 1.76 bits per heavy atom. The van der Waals surface area contributed by atoms with E-state index in [0.29, 0.717) is 11.7 Å². The van der Waals surface area contributed by atoms with Crippen LogP contribution in [0, 0.1) is 29.7 Å². The number of pyridine rings is 1. The molecule has 1 N–H and O–H groups in total. The standard InChI is InChI=1S/C17H28O2.C16H12N.Ir/c1-5-16(4)10-8-12-9-11-17(6-2,7-3)15(19)13(12)14(16)18;1-12-7-8-13-9-10-17-16(15(13)11-12)14-5-3-2-4-6-14;/h12,19H,5-11H2,1-4H3;2-5,7-11H,1H3;/q;-1;/t12?,16-;;/m0../s1. The van der Waals surface area contributed by atoms with Crippen molar-refractivity contribution in [2.24, 2.45) is 16.7 Å². The van der Waals surface area contributed by atoms with Crippen molar-refractivity contribution in [3.63, 3.8) is 0 Å². The molecule has 1 fully saturated rings. The maximum atomic E-state index is 12.8. The van der Waals surface area contributed by atoms with E-state index in [9.17, 15) is 9.90 Å². The van der Waals surface area contributed by atoms with E-state index < -0.39 is 0 Å². The summed E-state index contributed by atoms with van der Waals surface area (Å²) < 4.78 is 0. The summed E-state index contributed by atoms with van der Waals surface area (Å²) in [5.74, 6) is 0.992. The molecule has 5 rings (SSSR count). The van der Waals surface area contributed by atoms with E-state index in [1.54, 1.807) is 0 Å². The van der Waals surface area contributed by atoms with Crippen LogP contribution in [-0.2, 0) is 24.9 Å².